The number of carbonyl (C=O) groups excluding carboxylic acids is 1. The molecule has 21 heavy (non-hydrogen) atoms. The largest absolute Gasteiger partial charge is 0.488 e. The molecule has 1 N–H and O–H groups in total. The van der Waals surface area contributed by atoms with Crippen molar-refractivity contribution in [2.24, 2.45) is 0 Å². The van der Waals surface area contributed by atoms with Gasteiger partial charge >= 0.3 is 0 Å². The molecule has 0 bridgehead atoms. The number of carbonyl (C=O) groups is 1. The van der Waals surface area contributed by atoms with Crippen molar-refractivity contribution in [3.8, 4) is 5.75 Å². The Morgan fingerprint density at radius 1 is 1.48 bits per heavy atom. The fourth-order valence-electron chi connectivity index (χ4n) is 2.61. The number of likely N-dealkylation sites (N-methyl/N-ethyl adjacent to an activating group) is 1. The van der Waals surface area contributed by atoms with E-state index in [0.717, 1.165) is 29.7 Å². The lowest BCUT2D eigenvalue weighted by Gasteiger charge is -2.24. The average molecular weight is 355 g/mol. The predicted octanol–water partition coefficient (Wildman–Crippen LogP) is 2.60. The zero-order valence-corrected chi connectivity index (χ0v) is 14.4. The molecule has 5 heteroatoms. The Kier molecular flexibility index (Phi) is 5.65. The molecule has 0 aromatic heterocycles. The Bertz CT molecular complexity index is 503. The van der Waals surface area contributed by atoms with Crippen LogP contribution in [0.15, 0.2) is 22.7 Å². The van der Waals surface area contributed by atoms with Gasteiger partial charge in [0.15, 0.2) is 0 Å². The molecule has 2 rings (SSSR count). The molecule has 116 valence electrons. The van der Waals surface area contributed by atoms with Crippen LogP contribution in [0.3, 0.4) is 0 Å². The van der Waals surface area contributed by atoms with Gasteiger partial charge < -0.3 is 15.0 Å². The van der Waals surface area contributed by atoms with Gasteiger partial charge in [-0.15, -0.1) is 0 Å². The first-order valence-corrected chi connectivity index (χ1v) is 8.31. The minimum Gasteiger partial charge on any atom is -0.488 e. The van der Waals surface area contributed by atoms with E-state index < -0.39 is 0 Å². The third kappa shape index (κ3) is 3.98. The Morgan fingerprint density at radius 2 is 2.19 bits per heavy atom. The fraction of sp³-hybridized carbons (Fsp3) is 0.562. The lowest BCUT2D eigenvalue weighted by molar-refractivity contribution is -0.132. The standard InChI is InChI=1S/C16H23BrN2O2/c1-4-19(5-2)16(20)11(3)18-10-14-9-12-8-13(17)6-7-15(12)21-14/h6-8,11,14,18H,4-5,9-10H2,1-3H3. The molecule has 1 aromatic rings. The SMILES string of the molecule is CCN(CC)C(=O)C(C)NCC1Cc2cc(Br)ccc2O1. The first kappa shape index (κ1) is 16.3. The molecule has 1 amide bonds. The average Bonchev–Trinajstić information content (AvgIpc) is 2.87. The van der Waals surface area contributed by atoms with Gasteiger partial charge in [-0.1, -0.05) is 15.9 Å². The first-order chi connectivity index (χ1) is 10.0. The van der Waals surface area contributed by atoms with Gasteiger partial charge in [0, 0.05) is 30.5 Å². The van der Waals surface area contributed by atoms with Crippen LogP contribution >= 0.6 is 15.9 Å². The van der Waals surface area contributed by atoms with Crippen molar-refractivity contribution in [1.29, 1.82) is 0 Å². The van der Waals surface area contributed by atoms with Crippen LogP contribution in [-0.2, 0) is 11.2 Å². The van der Waals surface area contributed by atoms with Gasteiger partial charge in [-0.05, 0) is 44.5 Å². The Balaban J connectivity index is 1.84. The summed E-state index contributed by atoms with van der Waals surface area (Å²) < 4.78 is 6.97. The zero-order chi connectivity index (χ0) is 15.4. The third-order valence-corrected chi connectivity index (χ3v) is 4.35. The van der Waals surface area contributed by atoms with Crippen LogP contribution in [-0.4, -0.2) is 42.6 Å². The van der Waals surface area contributed by atoms with Crippen LogP contribution in [0.1, 0.15) is 26.3 Å². The number of amides is 1. The second-order valence-corrected chi connectivity index (χ2v) is 6.25. The topological polar surface area (TPSA) is 41.6 Å². The molecule has 0 radical (unpaired) electrons. The Morgan fingerprint density at radius 3 is 2.86 bits per heavy atom. The van der Waals surface area contributed by atoms with Crippen LogP contribution in [0.4, 0.5) is 0 Å². The quantitative estimate of drug-likeness (QED) is 0.853. The molecule has 1 aliphatic rings. The van der Waals surface area contributed by atoms with Crippen LogP contribution in [0.2, 0.25) is 0 Å². The summed E-state index contributed by atoms with van der Waals surface area (Å²) in [5.41, 5.74) is 1.22. The summed E-state index contributed by atoms with van der Waals surface area (Å²) in [7, 11) is 0. The molecule has 2 atom stereocenters. The van der Waals surface area contributed by atoms with E-state index in [0.29, 0.717) is 6.54 Å². The molecule has 4 nitrogen and oxygen atoms in total. The van der Waals surface area contributed by atoms with Gasteiger partial charge in [-0.2, -0.15) is 0 Å². The normalized spacial score (nSPS) is 18.0. The molecule has 1 heterocycles. The summed E-state index contributed by atoms with van der Waals surface area (Å²) in [6.45, 7) is 8.10. The van der Waals surface area contributed by atoms with Gasteiger partial charge in [0.05, 0.1) is 6.04 Å². The Labute approximate surface area is 135 Å². The maximum absolute atomic E-state index is 12.2. The lowest BCUT2D eigenvalue weighted by atomic mass is 10.1. The van der Waals surface area contributed by atoms with Gasteiger partial charge in [-0.3, -0.25) is 4.79 Å². The summed E-state index contributed by atoms with van der Waals surface area (Å²) in [6.07, 6.45) is 0.981. The van der Waals surface area contributed by atoms with Crippen LogP contribution < -0.4 is 10.1 Å². The monoisotopic (exact) mass is 354 g/mol. The molecule has 0 spiro atoms. The van der Waals surface area contributed by atoms with Crippen LogP contribution in [0.25, 0.3) is 0 Å². The van der Waals surface area contributed by atoms with Crippen molar-refractivity contribution in [2.75, 3.05) is 19.6 Å². The van der Waals surface area contributed by atoms with E-state index in [1.165, 1.54) is 5.56 Å². The van der Waals surface area contributed by atoms with Crippen molar-refractivity contribution in [3.05, 3.63) is 28.2 Å². The smallest absolute Gasteiger partial charge is 0.239 e. The number of halogens is 1. The first-order valence-electron chi connectivity index (χ1n) is 7.52. The third-order valence-electron chi connectivity index (χ3n) is 3.86. The summed E-state index contributed by atoms with van der Waals surface area (Å²) in [6, 6.07) is 5.90. The molecular weight excluding hydrogens is 332 g/mol. The zero-order valence-electron chi connectivity index (χ0n) is 12.9. The second kappa shape index (κ2) is 7.27. The highest BCUT2D eigenvalue weighted by molar-refractivity contribution is 9.10. The highest BCUT2D eigenvalue weighted by atomic mass is 79.9. The van der Waals surface area contributed by atoms with Crippen molar-refractivity contribution >= 4 is 21.8 Å². The molecule has 1 aliphatic heterocycles. The molecule has 0 saturated carbocycles. The van der Waals surface area contributed by atoms with E-state index in [4.69, 9.17) is 4.74 Å². The summed E-state index contributed by atoms with van der Waals surface area (Å²) in [5.74, 6) is 1.10. The molecule has 0 saturated heterocycles. The predicted molar refractivity (Wildman–Crippen MR) is 87.7 cm³/mol. The van der Waals surface area contributed by atoms with E-state index in [2.05, 4.69) is 27.3 Å². The summed E-state index contributed by atoms with van der Waals surface area (Å²) in [4.78, 5) is 14.0. The number of benzene rings is 1. The highest BCUT2D eigenvalue weighted by Gasteiger charge is 2.25. The minimum atomic E-state index is -0.177. The maximum Gasteiger partial charge on any atom is 0.239 e. The van der Waals surface area contributed by atoms with E-state index >= 15 is 0 Å². The minimum absolute atomic E-state index is 0.0984. The van der Waals surface area contributed by atoms with Gasteiger partial charge in [0.25, 0.3) is 0 Å². The van der Waals surface area contributed by atoms with Gasteiger partial charge in [-0.25, -0.2) is 0 Å². The number of nitrogens with zero attached hydrogens (tertiary/aromatic N) is 1. The Hall–Kier alpha value is -1.07. The van der Waals surface area contributed by atoms with Crippen molar-refractivity contribution in [3.63, 3.8) is 0 Å². The summed E-state index contributed by atoms with van der Waals surface area (Å²) >= 11 is 3.48. The molecule has 0 aliphatic carbocycles. The number of rotatable bonds is 6. The highest BCUT2D eigenvalue weighted by Crippen LogP contribution is 2.30. The van der Waals surface area contributed by atoms with E-state index in [1.54, 1.807) is 0 Å². The maximum atomic E-state index is 12.2. The lowest BCUT2D eigenvalue weighted by Crippen LogP contribution is -2.47. The van der Waals surface area contributed by atoms with E-state index in [1.807, 2.05) is 37.8 Å². The number of nitrogens with one attached hydrogen (secondary N) is 1. The number of fused-ring (bicyclic) bond motifs is 1. The summed E-state index contributed by atoms with van der Waals surface area (Å²) in [5, 5.41) is 3.29. The van der Waals surface area contributed by atoms with E-state index in [-0.39, 0.29) is 18.1 Å². The number of hydrogen-bond acceptors (Lipinski definition) is 3. The van der Waals surface area contributed by atoms with E-state index in [9.17, 15) is 4.79 Å². The van der Waals surface area contributed by atoms with Crippen molar-refractivity contribution < 1.29 is 9.53 Å². The van der Waals surface area contributed by atoms with Gasteiger partial charge in [0.1, 0.15) is 11.9 Å². The van der Waals surface area contributed by atoms with Gasteiger partial charge in [0.2, 0.25) is 5.91 Å². The number of ether oxygens (including phenoxy) is 1. The number of hydrogen-bond donors (Lipinski definition) is 1. The van der Waals surface area contributed by atoms with Crippen LogP contribution in [0.5, 0.6) is 5.75 Å². The molecular formula is C16H23BrN2O2. The second-order valence-electron chi connectivity index (χ2n) is 5.34. The van der Waals surface area contributed by atoms with Crippen molar-refractivity contribution in [1.82, 2.24) is 10.2 Å². The fourth-order valence-corrected chi connectivity index (χ4v) is 3.02. The molecule has 2 unspecified atom stereocenters. The van der Waals surface area contributed by atoms with Crippen molar-refractivity contribution in [2.45, 2.75) is 39.3 Å². The van der Waals surface area contributed by atoms with Crippen LogP contribution in [0, 0.1) is 0 Å². The molecule has 1 aromatic carbocycles. The molecule has 0 fully saturated rings.